The van der Waals surface area contributed by atoms with E-state index < -0.39 is 0 Å². The molecule has 2 fully saturated rings. The van der Waals surface area contributed by atoms with E-state index in [1.807, 2.05) is 13.1 Å². The number of carbonyl (C=O) groups excluding carboxylic acids is 1. The van der Waals surface area contributed by atoms with Crippen molar-refractivity contribution in [3.8, 4) is 0 Å². The quantitative estimate of drug-likeness (QED) is 0.536. The van der Waals surface area contributed by atoms with Gasteiger partial charge in [0.05, 0.1) is 5.39 Å². The van der Waals surface area contributed by atoms with Crippen LogP contribution in [0.2, 0.25) is 0 Å². The molecule has 7 nitrogen and oxygen atoms in total. The average Bonchev–Trinajstić information content (AvgIpc) is 3.04. The van der Waals surface area contributed by atoms with Crippen molar-refractivity contribution in [1.29, 1.82) is 0 Å². The third kappa shape index (κ3) is 5.56. The lowest BCUT2D eigenvalue weighted by Gasteiger charge is -2.32. The Hall–Kier alpha value is -2.93. The second-order valence-corrected chi connectivity index (χ2v) is 10.8. The second-order valence-electron chi connectivity index (χ2n) is 10.8. The summed E-state index contributed by atoms with van der Waals surface area (Å²) in [5.41, 5.74) is 4.00. The largest absolute Gasteiger partial charge is 0.357 e. The molecule has 2 aromatic heterocycles. The van der Waals surface area contributed by atoms with Crippen LogP contribution in [-0.4, -0.2) is 57.8 Å². The van der Waals surface area contributed by atoms with Gasteiger partial charge in [0.1, 0.15) is 5.82 Å². The van der Waals surface area contributed by atoms with Crippen LogP contribution in [0.5, 0.6) is 0 Å². The summed E-state index contributed by atoms with van der Waals surface area (Å²) < 4.78 is 1.75. The standard InChI is InChI=1S/C29H40N6O/c1-21(2)23-10-8-22(9-11-23)20-34-18-14-24(15-19-34)30-29(36)27-25-12-13-26(31-28(25)33(3)32-27)35-16-6-4-5-7-17-35/h8-13,21,24H,4-7,14-20H2,1-3H3,(H,30,36). The number of piperidine rings is 1. The topological polar surface area (TPSA) is 66.3 Å². The van der Waals surface area contributed by atoms with Crippen molar-refractivity contribution >= 4 is 22.8 Å². The minimum atomic E-state index is -0.0901. The number of benzene rings is 1. The highest BCUT2D eigenvalue weighted by atomic mass is 16.2. The van der Waals surface area contributed by atoms with Gasteiger partial charge in [-0.2, -0.15) is 5.10 Å². The van der Waals surface area contributed by atoms with Crippen LogP contribution in [0.3, 0.4) is 0 Å². The maximum Gasteiger partial charge on any atom is 0.272 e. The molecule has 1 amide bonds. The predicted octanol–water partition coefficient (Wildman–Crippen LogP) is 4.87. The molecule has 0 atom stereocenters. The number of hydrogen-bond acceptors (Lipinski definition) is 5. The number of carbonyl (C=O) groups is 1. The molecule has 5 rings (SSSR count). The first-order valence-electron chi connectivity index (χ1n) is 13.7. The fourth-order valence-electron chi connectivity index (χ4n) is 5.52. The molecule has 7 heteroatoms. The van der Waals surface area contributed by atoms with Crippen LogP contribution in [-0.2, 0) is 13.6 Å². The number of amides is 1. The highest BCUT2D eigenvalue weighted by molar-refractivity contribution is 6.04. The van der Waals surface area contributed by atoms with Gasteiger partial charge in [-0.25, -0.2) is 9.67 Å². The van der Waals surface area contributed by atoms with Crippen molar-refractivity contribution in [3.63, 3.8) is 0 Å². The lowest BCUT2D eigenvalue weighted by Crippen LogP contribution is -2.44. The summed E-state index contributed by atoms with van der Waals surface area (Å²) in [6.07, 6.45) is 6.91. The van der Waals surface area contributed by atoms with E-state index in [4.69, 9.17) is 4.98 Å². The summed E-state index contributed by atoms with van der Waals surface area (Å²) in [5, 5.41) is 8.64. The first-order valence-corrected chi connectivity index (χ1v) is 13.7. The lowest BCUT2D eigenvalue weighted by atomic mass is 10.0. The molecule has 0 aliphatic carbocycles. The molecule has 0 bridgehead atoms. The van der Waals surface area contributed by atoms with E-state index in [0.717, 1.165) is 62.4 Å². The third-order valence-corrected chi connectivity index (χ3v) is 7.79. The van der Waals surface area contributed by atoms with Crippen LogP contribution in [0, 0.1) is 0 Å². The number of rotatable bonds is 6. The molecule has 192 valence electrons. The van der Waals surface area contributed by atoms with Crippen LogP contribution in [0.25, 0.3) is 11.0 Å². The van der Waals surface area contributed by atoms with Crippen molar-refractivity contribution in [2.24, 2.45) is 7.05 Å². The number of aryl methyl sites for hydroxylation is 1. The fraction of sp³-hybridized carbons (Fsp3) is 0.552. The molecule has 1 N–H and O–H groups in total. The monoisotopic (exact) mass is 488 g/mol. The third-order valence-electron chi connectivity index (χ3n) is 7.79. The van der Waals surface area contributed by atoms with Gasteiger partial charge in [-0.05, 0) is 54.9 Å². The zero-order chi connectivity index (χ0) is 25.1. The van der Waals surface area contributed by atoms with Crippen molar-refractivity contribution in [1.82, 2.24) is 25.0 Å². The maximum absolute atomic E-state index is 13.2. The molecule has 2 aliphatic rings. The van der Waals surface area contributed by atoms with E-state index >= 15 is 0 Å². The predicted molar refractivity (Wildman–Crippen MR) is 145 cm³/mol. The first-order chi connectivity index (χ1) is 17.5. The van der Waals surface area contributed by atoms with Crippen LogP contribution in [0.4, 0.5) is 5.82 Å². The van der Waals surface area contributed by atoms with E-state index in [-0.39, 0.29) is 11.9 Å². The number of likely N-dealkylation sites (tertiary alicyclic amines) is 1. The minimum Gasteiger partial charge on any atom is -0.357 e. The van der Waals surface area contributed by atoms with E-state index in [0.29, 0.717) is 11.6 Å². The SMILES string of the molecule is CC(C)c1ccc(CN2CCC(NC(=O)c3nn(C)c4nc(N5CCCCCC5)ccc34)CC2)cc1. The van der Waals surface area contributed by atoms with Gasteiger partial charge in [-0.1, -0.05) is 51.0 Å². The Labute approximate surface area is 214 Å². The Balaban J connectivity index is 1.18. The van der Waals surface area contributed by atoms with Crippen molar-refractivity contribution in [2.75, 3.05) is 31.1 Å². The summed E-state index contributed by atoms with van der Waals surface area (Å²) in [4.78, 5) is 22.9. The van der Waals surface area contributed by atoms with E-state index in [9.17, 15) is 4.79 Å². The Kier molecular flexibility index (Phi) is 7.56. The molecular weight excluding hydrogens is 448 g/mol. The number of fused-ring (bicyclic) bond motifs is 1. The summed E-state index contributed by atoms with van der Waals surface area (Å²) >= 11 is 0. The smallest absolute Gasteiger partial charge is 0.272 e. The van der Waals surface area contributed by atoms with Crippen molar-refractivity contribution in [3.05, 3.63) is 53.2 Å². The highest BCUT2D eigenvalue weighted by Gasteiger charge is 2.24. The molecule has 0 radical (unpaired) electrons. The van der Waals surface area contributed by atoms with Crippen LogP contribution in [0.1, 0.15) is 79.9 Å². The minimum absolute atomic E-state index is 0.0901. The lowest BCUT2D eigenvalue weighted by molar-refractivity contribution is 0.0904. The molecule has 0 unspecified atom stereocenters. The van der Waals surface area contributed by atoms with Crippen LogP contribution >= 0.6 is 0 Å². The molecule has 0 spiro atoms. The van der Waals surface area contributed by atoms with Gasteiger partial charge in [0.2, 0.25) is 0 Å². The van der Waals surface area contributed by atoms with E-state index in [2.05, 4.69) is 64.4 Å². The number of hydrogen-bond donors (Lipinski definition) is 1. The van der Waals surface area contributed by atoms with Gasteiger partial charge in [0, 0.05) is 45.8 Å². The fourth-order valence-corrected chi connectivity index (χ4v) is 5.52. The van der Waals surface area contributed by atoms with Crippen LogP contribution in [0.15, 0.2) is 36.4 Å². The number of aromatic nitrogens is 3. The number of pyridine rings is 1. The molecule has 4 heterocycles. The Bertz CT molecular complexity index is 1170. The van der Waals surface area contributed by atoms with Gasteiger partial charge < -0.3 is 10.2 Å². The summed E-state index contributed by atoms with van der Waals surface area (Å²) in [7, 11) is 1.88. The Morgan fingerprint density at radius 2 is 1.67 bits per heavy atom. The summed E-state index contributed by atoms with van der Waals surface area (Å²) in [6, 6.07) is 13.3. The van der Waals surface area contributed by atoms with E-state index in [1.54, 1.807) is 4.68 Å². The normalized spacial score (nSPS) is 18.1. The zero-order valence-corrected chi connectivity index (χ0v) is 22.0. The summed E-state index contributed by atoms with van der Waals surface area (Å²) in [6.45, 7) is 9.49. The van der Waals surface area contributed by atoms with Gasteiger partial charge in [0.15, 0.2) is 11.3 Å². The van der Waals surface area contributed by atoms with Gasteiger partial charge >= 0.3 is 0 Å². The molecule has 2 aliphatic heterocycles. The second kappa shape index (κ2) is 11.0. The van der Waals surface area contributed by atoms with Crippen molar-refractivity contribution < 1.29 is 4.79 Å². The molecular formula is C29H40N6O. The Morgan fingerprint density at radius 3 is 2.33 bits per heavy atom. The highest BCUT2D eigenvalue weighted by Crippen LogP contribution is 2.24. The van der Waals surface area contributed by atoms with Gasteiger partial charge in [0.25, 0.3) is 5.91 Å². The van der Waals surface area contributed by atoms with Crippen molar-refractivity contribution in [2.45, 2.75) is 70.9 Å². The van der Waals surface area contributed by atoms with Gasteiger partial charge in [-0.3, -0.25) is 9.69 Å². The molecule has 0 saturated carbocycles. The van der Waals surface area contributed by atoms with E-state index in [1.165, 1.54) is 36.8 Å². The molecule has 1 aromatic carbocycles. The molecule has 36 heavy (non-hydrogen) atoms. The van der Waals surface area contributed by atoms with Gasteiger partial charge in [-0.15, -0.1) is 0 Å². The maximum atomic E-state index is 13.2. The molecule has 3 aromatic rings. The zero-order valence-electron chi connectivity index (χ0n) is 22.0. The first kappa shape index (κ1) is 24.8. The average molecular weight is 489 g/mol. The number of nitrogens with zero attached hydrogens (tertiary/aromatic N) is 5. The molecule has 2 saturated heterocycles. The number of nitrogens with one attached hydrogen (secondary N) is 1. The summed E-state index contributed by atoms with van der Waals surface area (Å²) in [5.74, 6) is 1.46. The Morgan fingerprint density at radius 1 is 0.972 bits per heavy atom. The number of anilines is 1. The van der Waals surface area contributed by atoms with Crippen LogP contribution < -0.4 is 10.2 Å².